The third-order valence-electron chi connectivity index (χ3n) is 5.17. The molecule has 0 saturated carbocycles. The molecule has 0 radical (unpaired) electrons. The number of amides is 2. The predicted molar refractivity (Wildman–Crippen MR) is 128 cm³/mol. The van der Waals surface area contributed by atoms with Gasteiger partial charge in [-0.2, -0.15) is 0 Å². The molecule has 0 saturated heterocycles. The Labute approximate surface area is 195 Å². The minimum Gasteiger partial charge on any atom is -0.492 e. The fraction of sp³-hybridized carbons (Fsp3) is 0.480. The molecule has 2 rings (SSSR count). The Morgan fingerprint density at radius 3 is 2.39 bits per heavy atom. The summed E-state index contributed by atoms with van der Waals surface area (Å²) in [5.41, 5.74) is 0.470. The van der Waals surface area contributed by atoms with E-state index in [1.165, 1.54) is 24.4 Å². The number of rotatable bonds is 12. The third kappa shape index (κ3) is 8.05. The van der Waals surface area contributed by atoms with Crippen molar-refractivity contribution in [3.05, 3.63) is 63.6 Å². The molecule has 33 heavy (non-hydrogen) atoms. The molecule has 1 heterocycles. The second-order valence-electron chi connectivity index (χ2n) is 8.47. The van der Waals surface area contributed by atoms with Crippen molar-refractivity contribution < 1.29 is 19.1 Å². The Balaban J connectivity index is 2.18. The molecule has 0 fully saturated rings. The van der Waals surface area contributed by atoms with E-state index >= 15 is 0 Å². The maximum absolute atomic E-state index is 13.1. The summed E-state index contributed by atoms with van der Waals surface area (Å²) in [6.45, 7) is 7.95. The summed E-state index contributed by atoms with van der Waals surface area (Å²) in [6, 6.07) is 7.65. The highest BCUT2D eigenvalue weighted by molar-refractivity contribution is 5.99. The van der Waals surface area contributed by atoms with Crippen molar-refractivity contribution in [1.29, 1.82) is 0 Å². The molecule has 0 atom stereocenters. The Morgan fingerprint density at radius 1 is 1.09 bits per heavy atom. The average molecular weight is 458 g/mol. The number of aryl methyl sites for hydroxylation is 2. The summed E-state index contributed by atoms with van der Waals surface area (Å²) in [4.78, 5) is 40.1. The lowest BCUT2D eigenvalue weighted by Crippen LogP contribution is -2.38. The number of hydrogen-bond acceptors (Lipinski definition) is 5. The molecule has 180 valence electrons. The van der Waals surface area contributed by atoms with Crippen molar-refractivity contribution in [1.82, 2.24) is 14.8 Å². The minimum absolute atomic E-state index is 0.0315. The highest BCUT2D eigenvalue weighted by Crippen LogP contribution is 2.11. The van der Waals surface area contributed by atoms with Crippen LogP contribution in [0.4, 0.5) is 0 Å². The number of benzene rings is 1. The summed E-state index contributed by atoms with van der Waals surface area (Å²) >= 11 is 0. The normalized spacial score (nSPS) is 10.8. The van der Waals surface area contributed by atoms with Crippen LogP contribution in [0.25, 0.3) is 0 Å². The van der Waals surface area contributed by atoms with Crippen LogP contribution in [0, 0.1) is 12.8 Å². The highest BCUT2D eigenvalue weighted by Gasteiger charge is 2.21. The topological polar surface area (TPSA) is 89.9 Å². The zero-order valence-electron chi connectivity index (χ0n) is 20.2. The van der Waals surface area contributed by atoms with Gasteiger partial charge < -0.3 is 24.3 Å². The first-order valence-electron chi connectivity index (χ1n) is 11.2. The van der Waals surface area contributed by atoms with Gasteiger partial charge in [-0.25, -0.2) is 0 Å². The predicted octanol–water partition coefficient (Wildman–Crippen LogP) is 2.73. The second-order valence-corrected chi connectivity index (χ2v) is 8.47. The van der Waals surface area contributed by atoms with Crippen LogP contribution in [-0.2, 0) is 11.3 Å². The summed E-state index contributed by atoms with van der Waals surface area (Å²) < 4.78 is 12.4. The van der Waals surface area contributed by atoms with Crippen molar-refractivity contribution in [3.63, 3.8) is 0 Å². The van der Waals surface area contributed by atoms with E-state index in [1.54, 1.807) is 11.6 Å². The van der Waals surface area contributed by atoms with Gasteiger partial charge in [0.1, 0.15) is 23.5 Å². The zero-order valence-corrected chi connectivity index (χ0v) is 20.2. The highest BCUT2D eigenvalue weighted by atomic mass is 16.5. The van der Waals surface area contributed by atoms with Crippen molar-refractivity contribution >= 4 is 11.8 Å². The maximum Gasteiger partial charge on any atom is 0.259 e. The standard InChI is InChI=1S/C25H35N3O5/c1-18(2)10-12-28-16-21(24(30)26-11-14-32-5)23(29)22(17-28)25(31)27(4)13-15-33-20-8-6-19(3)7-9-20/h6-9,16-18H,10-15H2,1-5H3,(H,26,30). The van der Waals surface area contributed by atoms with E-state index in [4.69, 9.17) is 9.47 Å². The molecule has 0 unspecified atom stereocenters. The number of carbonyl (C=O) groups is 2. The fourth-order valence-electron chi connectivity index (χ4n) is 3.09. The van der Waals surface area contributed by atoms with Crippen molar-refractivity contribution in [2.45, 2.75) is 33.7 Å². The number of hydrogen-bond donors (Lipinski definition) is 1. The molecule has 1 N–H and O–H groups in total. The van der Waals surface area contributed by atoms with Gasteiger partial charge in [0.15, 0.2) is 0 Å². The van der Waals surface area contributed by atoms with Crippen LogP contribution in [0.15, 0.2) is 41.5 Å². The summed E-state index contributed by atoms with van der Waals surface area (Å²) in [6.07, 6.45) is 3.90. The first-order chi connectivity index (χ1) is 15.7. The van der Waals surface area contributed by atoms with Crippen LogP contribution in [0.5, 0.6) is 5.75 Å². The van der Waals surface area contributed by atoms with E-state index in [-0.39, 0.29) is 24.3 Å². The number of aromatic nitrogens is 1. The first kappa shape index (κ1) is 26.1. The van der Waals surface area contributed by atoms with Gasteiger partial charge in [-0.1, -0.05) is 31.5 Å². The lowest BCUT2D eigenvalue weighted by Gasteiger charge is -2.19. The summed E-state index contributed by atoms with van der Waals surface area (Å²) in [5.74, 6) is 0.184. The second kappa shape index (κ2) is 12.8. The zero-order chi connectivity index (χ0) is 24.4. The van der Waals surface area contributed by atoms with Gasteiger partial charge in [-0.05, 0) is 31.4 Å². The van der Waals surface area contributed by atoms with Gasteiger partial charge in [0, 0.05) is 39.6 Å². The number of pyridine rings is 1. The third-order valence-corrected chi connectivity index (χ3v) is 5.17. The maximum atomic E-state index is 13.1. The lowest BCUT2D eigenvalue weighted by molar-refractivity contribution is 0.0771. The van der Waals surface area contributed by atoms with Crippen LogP contribution in [0.1, 0.15) is 46.5 Å². The molecule has 8 heteroatoms. The van der Waals surface area contributed by atoms with Crippen LogP contribution >= 0.6 is 0 Å². The quantitative estimate of drug-likeness (QED) is 0.495. The van der Waals surface area contributed by atoms with Gasteiger partial charge in [-0.15, -0.1) is 0 Å². The molecule has 1 aromatic carbocycles. The average Bonchev–Trinajstić information content (AvgIpc) is 2.79. The van der Waals surface area contributed by atoms with E-state index < -0.39 is 17.2 Å². The van der Waals surface area contributed by atoms with Crippen LogP contribution in [-0.4, -0.2) is 61.7 Å². The fourth-order valence-corrected chi connectivity index (χ4v) is 3.09. The molecular formula is C25H35N3O5. The number of ether oxygens (including phenoxy) is 2. The molecule has 0 aliphatic rings. The molecule has 8 nitrogen and oxygen atoms in total. The van der Waals surface area contributed by atoms with Crippen LogP contribution in [0.3, 0.4) is 0 Å². The molecule has 0 aliphatic carbocycles. The number of nitrogens with zero attached hydrogens (tertiary/aromatic N) is 2. The number of likely N-dealkylation sites (N-methyl/N-ethyl adjacent to an activating group) is 1. The number of nitrogens with one attached hydrogen (secondary N) is 1. The Hall–Kier alpha value is -3.13. The van der Waals surface area contributed by atoms with E-state index in [0.29, 0.717) is 31.4 Å². The van der Waals surface area contributed by atoms with E-state index in [0.717, 1.165) is 12.0 Å². The van der Waals surface area contributed by atoms with Crippen LogP contribution in [0.2, 0.25) is 0 Å². The minimum atomic E-state index is -0.581. The van der Waals surface area contributed by atoms with E-state index in [1.807, 2.05) is 31.2 Å². The summed E-state index contributed by atoms with van der Waals surface area (Å²) in [5, 5.41) is 2.66. The van der Waals surface area contributed by atoms with Crippen LogP contribution < -0.4 is 15.5 Å². The monoisotopic (exact) mass is 457 g/mol. The molecule has 0 spiro atoms. The Morgan fingerprint density at radius 2 is 1.76 bits per heavy atom. The number of methoxy groups -OCH3 is 1. The largest absolute Gasteiger partial charge is 0.492 e. The molecule has 2 amide bonds. The van der Waals surface area contributed by atoms with Crippen molar-refractivity contribution in [2.24, 2.45) is 5.92 Å². The first-order valence-corrected chi connectivity index (χ1v) is 11.2. The van der Waals surface area contributed by atoms with Gasteiger partial charge in [0.05, 0.1) is 13.2 Å². The smallest absolute Gasteiger partial charge is 0.259 e. The molecule has 1 aromatic heterocycles. The molecular weight excluding hydrogens is 422 g/mol. The summed E-state index contributed by atoms with van der Waals surface area (Å²) in [7, 11) is 3.15. The van der Waals surface area contributed by atoms with E-state index in [9.17, 15) is 14.4 Å². The van der Waals surface area contributed by atoms with Gasteiger partial charge >= 0.3 is 0 Å². The molecule has 2 aromatic rings. The SMILES string of the molecule is COCCNC(=O)c1cn(CCC(C)C)cc(C(=O)N(C)CCOc2ccc(C)cc2)c1=O. The van der Waals surface area contributed by atoms with E-state index in [2.05, 4.69) is 19.2 Å². The van der Waals surface area contributed by atoms with Crippen molar-refractivity contribution in [3.8, 4) is 5.75 Å². The van der Waals surface area contributed by atoms with Gasteiger partial charge in [0.25, 0.3) is 11.8 Å². The van der Waals surface area contributed by atoms with Gasteiger partial charge in [0.2, 0.25) is 5.43 Å². The molecule has 0 aliphatic heterocycles. The lowest BCUT2D eigenvalue weighted by atomic mass is 10.1. The van der Waals surface area contributed by atoms with Gasteiger partial charge in [-0.3, -0.25) is 14.4 Å². The van der Waals surface area contributed by atoms with Crippen molar-refractivity contribution in [2.75, 3.05) is 40.5 Å². The number of carbonyl (C=O) groups excluding carboxylic acids is 2. The Bertz CT molecular complexity index is 983. The Kier molecular flexibility index (Phi) is 10.1. The molecule has 0 bridgehead atoms.